The molecule has 11 heteroatoms. The minimum Gasteiger partial charge on any atom is -0.457 e. The van der Waals surface area contributed by atoms with Crippen LogP contribution in [0, 0.1) is 29.1 Å². The molecule has 4 rings (SSSR count). The van der Waals surface area contributed by atoms with E-state index in [0.717, 1.165) is 11.8 Å². The smallest absolute Gasteiger partial charge is 0.303 e. The standard InChI is InChI=1S/C33H43NO9S/c1-19-12-11-15-25-29(42-23(5)36)21(3)20(2)28-26(18-24-13-9-8-10-14-24)34-31(37)33(25,28)27(41-22(4)35)16-17-32(6,38)30(19)43-44(7,39)40/h8-11,13-17,19-20,25-30,38H,3,12,18H2,1-2,4-7H3,(H,34,37)/b15-11+,17-16+/t19-,20+,25-,26-,27+,28-,29+,30-,32+,33+/m0/s1. The number of hydrogen-bond donors (Lipinski definition) is 2. The first-order valence-corrected chi connectivity index (χ1v) is 16.6. The number of esters is 2. The molecule has 0 radical (unpaired) electrons. The number of rotatable bonds is 6. The van der Waals surface area contributed by atoms with Crippen LogP contribution in [0.25, 0.3) is 0 Å². The van der Waals surface area contributed by atoms with Crippen LogP contribution in [0.4, 0.5) is 0 Å². The normalized spacial score (nSPS) is 38.7. The van der Waals surface area contributed by atoms with Crippen molar-refractivity contribution in [3.8, 4) is 0 Å². The molecule has 1 aliphatic heterocycles. The molecule has 1 aromatic rings. The number of hydrogen-bond acceptors (Lipinski definition) is 9. The second-order valence-corrected chi connectivity index (χ2v) is 14.2. The zero-order valence-corrected chi connectivity index (χ0v) is 26.9. The molecule has 10 atom stereocenters. The number of carbonyl (C=O) groups is 3. The van der Waals surface area contributed by atoms with Gasteiger partial charge in [-0.15, -0.1) is 0 Å². The van der Waals surface area contributed by atoms with Crippen LogP contribution in [-0.2, 0) is 44.6 Å². The molecule has 3 aliphatic rings. The lowest BCUT2D eigenvalue weighted by Gasteiger charge is -2.53. The third-order valence-corrected chi connectivity index (χ3v) is 9.80. The van der Waals surface area contributed by atoms with Crippen molar-refractivity contribution >= 4 is 28.0 Å². The highest BCUT2D eigenvalue weighted by Gasteiger charge is 2.69. The second kappa shape index (κ2) is 12.6. The molecule has 0 bridgehead atoms. The van der Waals surface area contributed by atoms with Crippen LogP contribution in [0.1, 0.15) is 46.6 Å². The molecular formula is C33H43NO9S. The molecule has 10 nitrogen and oxygen atoms in total. The summed E-state index contributed by atoms with van der Waals surface area (Å²) in [6, 6.07) is 9.29. The molecule has 2 fully saturated rings. The van der Waals surface area contributed by atoms with Gasteiger partial charge in [0, 0.05) is 31.7 Å². The first-order valence-electron chi connectivity index (χ1n) is 14.8. The third kappa shape index (κ3) is 6.55. The maximum absolute atomic E-state index is 14.6. The molecule has 0 unspecified atom stereocenters. The highest BCUT2D eigenvalue weighted by Crippen LogP contribution is 2.59. The van der Waals surface area contributed by atoms with Crippen molar-refractivity contribution in [2.24, 2.45) is 29.1 Å². The Morgan fingerprint density at radius 3 is 2.32 bits per heavy atom. The summed E-state index contributed by atoms with van der Waals surface area (Å²) in [5.74, 6) is -3.79. The molecule has 2 aliphatic carbocycles. The van der Waals surface area contributed by atoms with E-state index in [2.05, 4.69) is 11.9 Å². The van der Waals surface area contributed by atoms with Gasteiger partial charge >= 0.3 is 11.9 Å². The molecule has 1 amide bonds. The average Bonchev–Trinajstić information content (AvgIpc) is 3.20. The Kier molecular flexibility index (Phi) is 9.63. The summed E-state index contributed by atoms with van der Waals surface area (Å²) in [4.78, 5) is 39.7. The number of amides is 1. The highest BCUT2D eigenvalue weighted by molar-refractivity contribution is 7.86. The second-order valence-electron chi connectivity index (χ2n) is 12.6. The third-order valence-electron chi connectivity index (χ3n) is 9.25. The van der Waals surface area contributed by atoms with Crippen molar-refractivity contribution in [3.05, 3.63) is 72.4 Å². The van der Waals surface area contributed by atoms with Crippen molar-refractivity contribution < 1.29 is 41.6 Å². The van der Waals surface area contributed by atoms with E-state index in [9.17, 15) is 27.9 Å². The molecule has 1 saturated heterocycles. The monoisotopic (exact) mass is 629 g/mol. The summed E-state index contributed by atoms with van der Waals surface area (Å²) in [6.45, 7) is 11.9. The fraction of sp³-hybridized carbons (Fsp3) is 0.545. The lowest BCUT2D eigenvalue weighted by atomic mass is 9.51. The van der Waals surface area contributed by atoms with E-state index in [-0.39, 0.29) is 18.2 Å². The molecule has 240 valence electrons. The topological polar surface area (TPSA) is 145 Å². The van der Waals surface area contributed by atoms with Gasteiger partial charge in [0.1, 0.15) is 29.3 Å². The van der Waals surface area contributed by atoms with Crippen LogP contribution in [0.5, 0.6) is 0 Å². The molecule has 0 aromatic heterocycles. The molecular weight excluding hydrogens is 586 g/mol. The van der Waals surface area contributed by atoms with Crippen LogP contribution in [0.2, 0.25) is 0 Å². The fourth-order valence-corrected chi connectivity index (χ4v) is 8.25. The van der Waals surface area contributed by atoms with Crippen molar-refractivity contribution in [2.45, 2.75) is 77.4 Å². The van der Waals surface area contributed by atoms with Crippen LogP contribution in [0.15, 0.2) is 66.8 Å². The zero-order chi connectivity index (χ0) is 32.6. The van der Waals surface area contributed by atoms with Gasteiger partial charge in [-0.25, -0.2) is 0 Å². The highest BCUT2D eigenvalue weighted by atomic mass is 32.2. The Bertz CT molecular complexity index is 1450. The Balaban J connectivity index is 1.99. The summed E-state index contributed by atoms with van der Waals surface area (Å²) in [7, 11) is -3.97. The lowest BCUT2D eigenvalue weighted by Crippen LogP contribution is -2.61. The van der Waals surface area contributed by atoms with Gasteiger partial charge in [-0.3, -0.25) is 18.6 Å². The molecule has 1 heterocycles. The zero-order valence-electron chi connectivity index (χ0n) is 26.1. The maximum atomic E-state index is 14.6. The maximum Gasteiger partial charge on any atom is 0.303 e. The van der Waals surface area contributed by atoms with E-state index < -0.39 is 75.2 Å². The average molecular weight is 630 g/mol. The van der Waals surface area contributed by atoms with Gasteiger partial charge < -0.3 is 19.9 Å². The summed E-state index contributed by atoms with van der Waals surface area (Å²) >= 11 is 0. The van der Waals surface area contributed by atoms with Crippen molar-refractivity contribution in [3.63, 3.8) is 0 Å². The van der Waals surface area contributed by atoms with Gasteiger partial charge in [0.2, 0.25) is 5.91 Å². The van der Waals surface area contributed by atoms with Gasteiger partial charge in [-0.1, -0.05) is 69.0 Å². The summed E-state index contributed by atoms with van der Waals surface area (Å²) < 4.78 is 41.6. The van der Waals surface area contributed by atoms with Crippen LogP contribution >= 0.6 is 0 Å². The van der Waals surface area contributed by atoms with Gasteiger partial charge in [-0.2, -0.15) is 8.42 Å². The molecule has 1 spiro atoms. The van der Waals surface area contributed by atoms with Crippen LogP contribution < -0.4 is 5.32 Å². The quantitative estimate of drug-likeness (QED) is 0.275. The van der Waals surface area contributed by atoms with E-state index in [4.69, 9.17) is 13.7 Å². The Hall–Kier alpha value is -3.28. The minimum absolute atomic E-state index is 0.254. The minimum atomic E-state index is -3.97. The van der Waals surface area contributed by atoms with E-state index in [1.165, 1.54) is 32.9 Å². The Morgan fingerprint density at radius 2 is 1.73 bits per heavy atom. The van der Waals surface area contributed by atoms with Crippen molar-refractivity contribution in [2.75, 3.05) is 6.26 Å². The summed E-state index contributed by atoms with van der Waals surface area (Å²) in [6.07, 6.45) is 4.62. The molecule has 44 heavy (non-hydrogen) atoms. The van der Waals surface area contributed by atoms with E-state index >= 15 is 0 Å². The molecule has 2 N–H and O–H groups in total. The number of aliphatic hydroxyl groups is 1. The fourth-order valence-electron chi connectivity index (χ4n) is 7.49. The SMILES string of the molecule is C=C1[C@@H](C)[C@H]2[C@H](Cc3ccccc3)NC(=O)[C@]23[C@H](OC(C)=O)/C=C/[C@@](C)(O)[C@@H](OS(C)(=O)=O)[C@@H](C)C/C=C/[C@H]3[C@@H]1OC(C)=O. The lowest BCUT2D eigenvalue weighted by molar-refractivity contribution is -0.173. The molecule has 1 saturated carbocycles. The van der Waals surface area contributed by atoms with Gasteiger partial charge in [-0.05, 0) is 48.8 Å². The van der Waals surface area contributed by atoms with Gasteiger partial charge in [0.25, 0.3) is 10.1 Å². The number of benzene rings is 1. The summed E-state index contributed by atoms with van der Waals surface area (Å²) in [5, 5.41) is 14.8. The van der Waals surface area contributed by atoms with E-state index in [0.29, 0.717) is 12.0 Å². The number of carbonyl (C=O) groups excluding carboxylic acids is 3. The van der Waals surface area contributed by atoms with Crippen LogP contribution in [-0.4, -0.2) is 67.6 Å². The van der Waals surface area contributed by atoms with Crippen molar-refractivity contribution in [1.82, 2.24) is 5.32 Å². The van der Waals surface area contributed by atoms with Crippen molar-refractivity contribution in [1.29, 1.82) is 0 Å². The van der Waals surface area contributed by atoms with Gasteiger partial charge in [0.05, 0.1) is 6.26 Å². The first-order chi connectivity index (χ1) is 20.5. The van der Waals surface area contributed by atoms with E-state index in [1.54, 1.807) is 19.1 Å². The Labute approximate surface area is 259 Å². The van der Waals surface area contributed by atoms with Gasteiger partial charge in [0.15, 0.2) is 0 Å². The predicted molar refractivity (Wildman–Crippen MR) is 163 cm³/mol. The largest absolute Gasteiger partial charge is 0.457 e. The van der Waals surface area contributed by atoms with Crippen LogP contribution in [0.3, 0.4) is 0 Å². The first kappa shape index (κ1) is 33.6. The predicted octanol–water partition coefficient (Wildman–Crippen LogP) is 3.26. The molecule has 1 aromatic carbocycles. The summed E-state index contributed by atoms with van der Waals surface area (Å²) in [5.41, 5.74) is -1.71. The van der Waals surface area contributed by atoms with E-state index in [1.807, 2.05) is 37.3 Å². The number of allylic oxidation sites excluding steroid dienone is 1. The number of ether oxygens (including phenoxy) is 2. The number of nitrogens with one attached hydrogen (secondary N) is 1. The Morgan fingerprint density at radius 1 is 1.09 bits per heavy atom.